The van der Waals surface area contributed by atoms with Crippen LogP contribution in [0, 0.1) is 5.92 Å². The van der Waals surface area contributed by atoms with Crippen LogP contribution >= 0.6 is 28.3 Å². The van der Waals surface area contributed by atoms with Crippen LogP contribution in [0.15, 0.2) is 22.7 Å². The van der Waals surface area contributed by atoms with Crippen LogP contribution in [-0.4, -0.2) is 37.7 Å². The van der Waals surface area contributed by atoms with E-state index in [9.17, 15) is 0 Å². The van der Waals surface area contributed by atoms with E-state index in [-0.39, 0.29) is 12.4 Å². The van der Waals surface area contributed by atoms with E-state index >= 15 is 0 Å². The molecule has 124 valence electrons. The minimum Gasteiger partial charge on any atom is -0.496 e. The standard InChI is InChI=1S/C17H25BrN2O.ClH/c1-21-17-5-4-13(11-15(17)18)12-20-9-6-14(7-10-20)16-3-2-8-19-16;/h4-5,11,14,16,19H,2-3,6-10,12H2,1H3;1H. The molecular formula is C17H26BrClN2O. The summed E-state index contributed by atoms with van der Waals surface area (Å²) in [5.41, 5.74) is 1.36. The first kappa shape index (κ1) is 18.1. The largest absolute Gasteiger partial charge is 0.496 e. The average Bonchev–Trinajstić information content (AvgIpc) is 3.02. The Labute approximate surface area is 148 Å². The summed E-state index contributed by atoms with van der Waals surface area (Å²) >= 11 is 3.57. The lowest BCUT2D eigenvalue weighted by molar-refractivity contribution is 0.157. The fourth-order valence-corrected chi connectivity index (χ4v) is 4.28. The molecule has 0 saturated carbocycles. The van der Waals surface area contributed by atoms with Gasteiger partial charge in [-0.15, -0.1) is 12.4 Å². The van der Waals surface area contributed by atoms with Gasteiger partial charge < -0.3 is 10.1 Å². The maximum Gasteiger partial charge on any atom is 0.133 e. The topological polar surface area (TPSA) is 24.5 Å². The highest BCUT2D eigenvalue weighted by atomic mass is 79.9. The highest BCUT2D eigenvalue weighted by molar-refractivity contribution is 9.10. The van der Waals surface area contributed by atoms with E-state index in [1.807, 2.05) is 0 Å². The third-order valence-corrected chi connectivity index (χ3v) is 5.54. The molecule has 3 rings (SSSR count). The summed E-state index contributed by atoms with van der Waals surface area (Å²) in [6.07, 6.45) is 5.44. The average molecular weight is 390 g/mol. The molecule has 0 spiro atoms. The highest BCUT2D eigenvalue weighted by Crippen LogP contribution is 2.28. The third-order valence-electron chi connectivity index (χ3n) is 4.92. The number of ether oxygens (including phenoxy) is 1. The molecule has 1 atom stereocenters. The van der Waals surface area contributed by atoms with Crippen molar-refractivity contribution in [2.75, 3.05) is 26.7 Å². The van der Waals surface area contributed by atoms with Gasteiger partial charge in [-0.05, 0) is 84.9 Å². The fraction of sp³-hybridized carbons (Fsp3) is 0.647. The van der Waals surface area contributed by atoms with Crippen molar-refractivity contribution in [1.29, 1.82) is 0 Å². The Morgan fingerprint density at radius 1 is 1.27 bits per heavy atom. The zero-order valence-corrected chi connectivity index (χ0v) is 15.6. The van der Waals surface area contributed by atoms with E-state index in [2.05, 4.69) is 44.3 Å². The summed E-state index contributed by atoms with van der Waals surface area (Å²) in [6, 6.07) is 7.20. The highest BCUT2D eigenvalue weighted by Gasteiger charge is 2.28. The van der Waals surface area contributed by atoms with Crippen LogP contribution in [0.3, 0.4) is 0 Å². The van der Waals surface area contributed by atoms with Gasteiger partial charge in [0.2, 0.25) is 0 Å². The molecular weight excluding hydrogens is 364 g/mol. The molecule has 2 aliphatic heterocycles. The Kier molecular flexibility index (Phi) is 7.00. The minimum absolute atomic E-state index is 0. The summed E-state index contributed by atoms with van der Waals surface area (Å²) < 4.78 is 6.34. The van der Waals surface area contributed by atoms with E-state index in [0.717, 1.165) is 28.7 Å². The second-order valence-electron chi connectivity index (χ2n) is 6.29. The van der Waals surface area contributed by atoms with Gasteiger partial charge >= 0.3 is 0 Å². The maximum atomic E-state index is 5.29. The summed E-state index contributed by atoms with van der Waals surface area (Å²) in [6.45, 7) is 4.73. The number of piperidine rings is 1. The lowest BCUT2D eigenvalue weighted by atomic mass is 9.88. The molecule has 1 aromatic carbocycles. The van der Waals surface area contributed by atoms with Crippen molar-refractivity contribution in [3.8, 4) is 5.75 Å². The van der Waals surface area contributed by atoms with E-state index in [4.69, 9.17) is 4.74 Å². The predicted molar refractivity (Wildman–Crippen MR) is 97.0 cm³/mol. The van der Waals surface area contributed by atoms with Crippen LogP contribution in [0.4, 0.5) is 0 Å². The van der Waals surface area contributed by atoms with Crippen LogP contribution in [0.1, 0.15) is 31.2 Å². The molecule has 0 bridgehead atoms. The summed E-state index contributed by atoms with van der Waals surface area (Å²) in [7, 11) is 1.71. The summed E-state index contributed by atoms with van der Waals surface area (Å²) in [5.74, 6) is 1.80. The molecule has 0 aromatic heterocycles. The molecule has 1 unspecified atom stereocenters. The van der Waals surface area contributed by atoms with Crippen LogP contribution < -0.4 is 10.1 Å². The fourth-order valence-electron chi connectivity index (χ4n) is 3.69. The number of halogens is 2. The quantitative estimate of drug-likeness (QED) is 0.846. The van der Waals surface area contributed by atoms with Gasteiger partial charge in [0.15, 0.2) is 0 Å². The normalized spacial score (nSPS) is 23.3. The second kappa shape index (κ2) is 8.53. The van der Waals surface area contributed by atoms with Crippen LogP contribution in [0.5, 0.6) is 5.75 Å². The van der Waals surface area contributed by atoms with E-state index in [1.165, 1.54) is 50.9 Å². The Bertz CT molecular complexity index is 472. The van der Waals surface area contributed by atoms with Gasteiger partial charge in [-0.25, -0.2) is 0 Å². The number of likely N-dealkylation sites (tertiary alicyclic amines) is 1. The zero-order valence-electron chi connectivity index (χ0n) is 13.2. The molecule has 0 amide bonds. The smallest absolute Gasteiger partial charge is 0.133 e. The lowest BCUT2D eigenvalue weighted by Crippen LogP contribution is -2.40. The van der Waals surface area contributed by atoms with Gasteiger partial charge in [-0.3, -0.25) is 4.90 Å². The first-order valence-corrected chi connectivity index (χ1v) is 8.83. The molecule has 2 saturated heterocycles. The number of nitrogens with one attached hydrogen (secondary N) is 1. The molecule has 0 aliphatic carbocycles. The van der Waals surface area contributed by atoms with E-state index < -0.39 is 0 Å². The van der Waals surface area contributed by atoms with Crippen molar-refractivity contribution in [2.45, 2.75) is 38.3 Å². The van der Waals surface area contributed by atoms with Gasteiger partial charge in [-0.2, -0.15) is 0 Å². The first-order chi connectivity index (χ1) is 10.3. The van der Waals surface area contributed by atoms with Crippen molar-refractivity contribution < 1.29 is 4.74 Å². The summed E-state index contributed by atoms with van der Waals surface area (Å²) in [4.78, 5) is 2.58. The van der Waals surface area contributed by atoms with Crippen LogP contribution in [0.2, 0.25) is 0 Å². The van der Waals surface area contributed by atoms with Crippen molar-refractivity contribution in [3.63, 3.8) is 0 Å². The number of benzene rings is 1. The monoisotopic (exact) mass is 388 g/mol. The van der Waals surface area contributed by atoms with E-state index in [1.54, 1.807) is 7.11 Å². The van der Waals surface area contributed by atoms with E-state index in [0.29, 0.717) is 0 Å². The number of hydrogen-bond acceptors (Lipinski definition) is 3. The first-order valence-electron chi connectivity index (χ1n) is 8.04. The number of rotatable bonds is 4. The van der Waals surface area contributed by atoms with Gasteiger partial charge in [0.05, 0.1) is 11.6 Å². The number of hydrogen-bond donors (Lipinski definition) is 1. The minimum atomic E-state index is 0. The van der Waals surface area contributed by atoms with Crippen LogP contribution in [-0.2, 0) is 6.54 Å². The molecule has 3 nitrogen and oxygen atoms in total. The third kappa shape index (κ3) is 4.38. The van der Waals surface area contributed by atoms with Crippen molar-refractivity contribution in [3.05, 3.63) is 28.2 Å². The van der Waals surface area contributed by atoms with Crippen molar-refractivity contribution in [1.82, 2.24) is 10.2 Å². The molecule has 0 radical (unpaired) electrons. The Morgan fingerprint density at radius 2 is 2.05 bits per heavy atom. The lowest BCUT2D eigenvalue weighted by Gasteiger charge is -2.35. The van der Waals surface area contributed by atoms with Gasteiger partial charge in [0.25, 0.3) is 0 Å². The SMILES string of the molecule is COc1ccc(CN2CCC(C3CCCN3)CC2)cc1Br.Cl. The predicted octanol–water partition coefficient (Wildman–Crippen LogP) is 3.84. The Hall–Kier alpha value is -0.290. The van der Waals surface area contributed by atoms with Gasteiger partial charge in [0, 0.05) is 12.6 Å². The molecule has 22 heavy (non-hydrogen) atoms. The molecule has 1 aromatic rings. The Morgan fingerprint density at radius 3 is 2.64 bits per heavy atom. The molecule has 5 heteroatoms. The molecule has 2 fully saturated rings. The zero-order chi connectivity index (χ0) is 14.7. The number of methoxy groups -OCH3 is 1. The molecule has 2 heterocycles. The van der Waals surface area contributed by atoms with Crippen molar-refractivity contribution >= 4 is 28.3 Å². The second-order valence-corrected chi connectivity index (χ2v) is 7.14. The molecule has 1 N–H and O–H groups in total. The maximum absolute atomic E-state index is 5.29. The van der Waals surface area contributed by atoms with Crippen molar-refractivity contribution in [2.24, 2.45) is 5.92 Å². The molecule has 2 aliphatic rings. The Balaban J connectivity index is 0.00000176. The number of nitrogens with zero attached hydrogens (tertiary/aromatic N) is 1. The van der Waals surface area contributed by atoms with Gasteiger partial charge in [-0.1, -0.05) is 6.07 Å². The summed E-state index contributed by atoms with van der Waals surface area (Å²) in [5, 5.41) is 3.67. The van der Waals surface area contributed by atoms with Crippen LogP contribution in [0.25, 0.3) is 0 Å². The van der Waals surface area contributed by atoms with Gasteiger partial charge in [0.1, 0.15) is 5.75 Å².